The lowest BCUT2D eigenvalue weighted by molar-refractivity contribution is 0.0516. The highest BCUT2D eigenvalue weighted by Crippen LogP contribution is 2.10. The van der Waals surface area contributed by atoms with Gasteiger partial charge >= 0.3 is 5.97 Å². The second-order valence-electron chi connectivity index (χ2n) is 4.64. The predicted molar refractivity (Wildman–Crippen MR) is 86.0 cm³/mol. The van der Waals surface area contributed by atoms with Crippen LogP contribution >= 0.6 is 0 Å². The summed E-state index contributed by atoms with van der Waals surface area (Å²) in [5, 5.41) is 4.02. The molecule has 0 radical (unpaired) electrons. The van der Waals surface area contributed by atoms with Gasteiger partial charge in [-0.1, -0.05) is 41.6 Å². The summed E-state index contributed by atoms with van der Waals surface area (Å²) >= 11 is 0. The van der Waals surface area contributed by atoms with E-state index in [2.05, 4.69) is 15.1 Å². The van der Waals surface area contributed by atoms with Crippen LogP contribution in [0.4, 0.5) is 0 Å². The number of hydrogen-bond donors (Lipinski definition) is 0. The molecule has 3 aromatic rings. The van der Waals surface area contributed by atoms with Crippen molar-refractivity contribution in [3.05, 3.63) is 96.1 Å². The Bertz CT molecular complexity index is 762. The molecule has 0 unspecified atom stereocenters. The van der Waals surface area contributed by atoms with E-state index >= 15 is 0 Å². The van der Waals surface area contributed by atoms with Crippen LogP contribution in [0.1, 0.15) is 21.6 Å². The third-order valence-corrected chi connectivity index (χ3v) is 3.07. The van der Waals surface area contributed by atoms with Crippen molar-refractivity contribution in [2.45, 2.75) is 0 Å². The molecule has 0 spiro atoms. The fourth-order valence-electron chi connectivity index (χ4n) is 1.97. The van der Waals surface area contributed by atoms with E-state index in [1.165, 1.54) is 6.20 Å². The van der Waals surface area contributed by atoms with Gasteiger partial charge in [0.05, 0.1) is 11.3 Å². The average molecular weight is 303 g/mol. The van der Waals surface area contributed by atoms with Crippen LogP contribution in [-0.4, -0.2) is 21.6 Å². The van der Waals surface area contributed by atoms with Gasteiger partial charge in [0.25, 0.3) is 0 Å². The maximum absolute atomic E-state index is 12.0. The van der Waals surface area contributed by atoms with Crippen molar-refractivity contribution in [3.63, 3.8) is 0 Å². The van der Waals surface area contributed by atoms with E-state index in [1.54, 1.807) is 24.5 Å². The largest absolute Gasteiger partial charge is 0.367 e. The summed E-state index contributed by atoms with van der Waals surface area (Å²) in [6, 6.07) is 18.2. The molecule has 0 fully saturated rings. The monoisotopic (exact) mass is 303 g/mol. The molecule has 2 heterocycles. The predicted octanol–water partition coefficient (Wildman–Crippen LogP) is 3.09. The summed E-state index contributed by atoms with van der Waals surface area (Å²) in [6.07, 6.45) is 4.68. The Kier molecular flexibility index (Phi) is 4.49. The Balaban J connectivity index is 1.91. The zero-order chi connectivity index (χ0) is 15.9. The smallest absolute Gasteiger partial charge is 0.312 e. The second-order valence-corrected chi connectivity index (χ2v) is 4.64. The lowest BCUT2D eigenvalue weighted by Gasteiger charge is -2.05. The van der Waals surface area contributed by atoms with Gasteiger partial charge in [-0.05, 0) is 24.3 Å². The lowest BCUT2D eigenvalue weighted by Crippen LogP contribution is -2.09. The van der Waals surface area contributed by atoms with Crippen molar-refractivity contribution in [1.29, 1.82) is 0 Å². The van der Waals surface area contributed by atoms with Gasteiger partial charge < -0.3 is 4.84 Å². The molecule has 3 rings (SSSR count). The minimum Gasteiger partial charge on any atom is -0.312 e. The van der Waals surface area contributed by atoms with Crippen LogP contribution in [0.15, 0.2) is 84.4 Å². The molecule has 0 amide bonds. The minimum absolute atomic E-state index is 0.338. The standard InChI is InChI=1S/C18H13N3O2/c22-18(15-9-6-11-19-13-15)23-21-17(14-7-2-1-3-8-14)16-10-4-5-12-20-16/h1-13H/b21-17+. The molecule has 1 aromatic carbocycles. The Morgan fingerprint density at radius 2 is 1.65 bits per heavy atom. The highest BCUT2D eigenvalue weighted by molar-refractivity contribution is 6.11. The molecule has 0 atom stereocenters. The molecular weight excluding hydrogens is 290 g/mol. The normalized spacial score (nSPS) is 11.0. The highest BCUT2D eigenvalue weighted by Gasteiger charge is 2.12. The molecule has 0 aliphatic carbocycles. The second kappa shape index (κ2) is 7.09. The van der Waals surface area contributed by atoms with E-state index in [9.17, 15) is 4.79 Å². The van der Waals surface area contributed by atoms with Crippen molar-refractivity contribution in [1.82, 2.24) is 9.97 Å². The summed E-state index contributed by atoms with van der Waals surface area (Å²) in [4.78, 5) is 25.2. The molecular formula is C18H13N3O2. The Hall–Kier alpha value is -3.34. The van der Waals surface area contributed by atoms with Gasteiger partial charge in [0, 0.05) is 24.2 Å². The molecule has 0 aliphatic heterocycles. The van der Waals surface area contributed by atoms with Crippen LogP contribution in [0, 0.1) is 0 Å². The summed E-state index contributed by atoms with van der Waals surface area (Å²) in [7, 11) is 0. The van der Waals surface area contributed by atoms with E-state index in [-0.39, 0.29) is 0 Å². The van der Waals surface area contributed by atoms with E-state index < -0.39 is 5.97 Å². The maximum Gasteiger partial charge on any atom is 0.367 e. The van der Waals surface area contributed by atoms with E-state index in [4.69, 9.17) is 4.84 Å². The number of nitrogens with zero attached hydrogens (tertiary/aromatic N) is 3. The zero-order valence-electron chi connectivity index (χ0n) is 12.2. The average Bonchev–Trinajstić information content (AvgIpc) is 2.64. The van der Waals surface area contributed by atoms with E-state index in [0.717, 1.165) is 5.56 Å². The summed E-state index contributed by atoms with van der Waals surface area (Å²) in [5.41, 5.74) is 2.26. The lowest BCUT2D eigenvalue weighted by atomic mass is 10.1. The van der Waals surface area contributed by atoms with Crippen LogP contribution in [0.3, 0.4) is 0 Å². The number of oxime groups is 1. The van der Waals surface area contributed by atoms with Crippen LogP contribution in [0.25, 0.3) is 0 Å². The van der Waals surface area contributed by atoms with Gasteiger partial charge in [-0.3, -0.25) is 9.97 Å². The number of pyridine rings is 2. The van der Waals surface area contributed by atoms with E-state index in [0.29, 0.717) is 17.0 Å². The number of carbonyl (C=O) groups is 1. The van der Waals surface area contributed by atoms with Crippen LogP contribution in [0.5, 0.6) is 0 Å². The fraction of sp³-hybridized carbons (Fsp3) is 0. The summed E-state index contributed by atoms with van der Waals surface area (Å²) in [6.45, 7) is 0. The molecule has 0 saturated heterocycles. The van der Waals surface area contributed by atoms with Gasteiger partial charge in [-0.25, -0.2) is 4.79 Å². The zero-order valence-corrected chi connectivity index (χ0v) is 12.2. The molecule has 0 aliphatic rings. The van der Waals surface area contributed by atoms with Crippen molar-refractivity contribution in [3.8, 4) is 0 Å². The number of hydrogen-bond acceptors (Lipinski definition) is 5. The first-order chi connectivity index (χ1) is 11.3. The summed E-state index contributed by atoms with van der Waals surface area (Å²) < 4.78 is 0. The molecule has 0 bridgehead atoms. The third-order valence-electron chi connectivity index (χ3n) is 3.07. The maximum atomic E-state index is 12.0. The first-order valence-corrected chi connectivity index (χ1v) is 7.01. The molecule has 112 valence electrons. The van der Waals surface area contributed by atoms with Crippen LogP contribution < -0.4 is 0 Å². The molecule has 2 aromatic heterocycles. The van der Waals surface area contributed by atoms with Crippen molar-refractivity contribution >= 4 is 11.7 Å². The van der Waals surface area contributed by atoms with Crippen LogP contribution in [-0.2, 0) is 4.84 Å². The topological polar surface area (TPSA) is 64.4 Å². The van der Waals surface area contributed by atoms with Crippen molar-refractivity contribution in [2.24, 2.45) is 5.16 Å². The SMILES string of the molecule is O=C(O/N=C(\c1ccccc1)c1ccccn1)c1cccnc1. The highest BCUT2D eigenvalue weighted by atomic mass is 16.7. The minimum atomic E-state index is -0.567. The van der Waals surface area contributed by atoms with Gasteiger partial charge in [0.15, 0.2) is 0 Å². The van der Waals surface area contributed by atoms with Gasteiger partial charge in [0.2, 0.25) is 0 Å². The fourth-order valence-corrected chi connectivity index (χ4v) is 1.97. The third kappa shape index (κ3) is 3.65. The first-order valence-electron chi connectivity index (χ1n) is 7.01. The first kappa shape index (κ1) is 14.6. The number of carbonyl (C=O) groups excluding carboxylic acids is 1. The van der Waals surface area contributed by atoms with Crippen molar-refractivity contribution in [2.75, 3.05) is 0 Å². The van der Waals surface area contributed by atoms with Gasteiger partial charge in [-0.15, -0.1) is 0 Å². The molecule has 23 heavy (non-hydrogen) atoms. The number of aromatic nitrogens is 2. The summed E-state index contributed by atoms with van der Waals surface area (Å²) in [5.74, 6) is -0.567. The van der Waals surface area contributed by atoms with Gasteiger partial charge in [-0.2, -0.15) is 0 Å². The molecule has 0 saturated carbocycles. The molecule has 5 nitrogen and oxygen atoms in total. The number of benzene rings is 1. The molecule has 5 heteroatoms. The van der Waals surface area contributed by atoms with Gasteiger partial charge in [0.1, 0.15) is 5.71 Å². The number of rotatable bonds is 4. The Morgan fingerprint density at radius 1 is 0.870 bits per heavy atom. The quantitative estimate of drug-likeness (QED) is 0.422. The van der Waals surface area contributed by atoms with E-state index in [1.807, 2.05) is 48.5 Å². The molecule has 0 N–H and O–H groups in total. The Labute approximate surface area is 133 Å². The van der Waals surface area contributed by atoms with Crippen molar-refractivity contribution < 1.29 is 9.63 Å². The van der Waals surface area contributed by atoms with Crippen LogP contribution in [0.2, 0.25) is 0 Å². The Morgan fingerprint density at radius 3 is 2.35 bits per heavy atom.